The Labute approximate surface area is 89.7 Å². The van der Waals surface area contributed by atoms with Crippen LogP contribution in [0.15, 0.2) is 0 Å². The number of nitrogens with two attached hydrogens (primary N) is 1. The highest BCUT2D eigenvalue weighted by molar-refractivity contribution is 5.86. The Morgan fingerprint density at radius 1 is 1.53 bits per heavy atom. The SMILES string of the molecule is COCCNC(=O)CN(C)C(=O)[C@@H](C)N. The summed E-state index contributed by atoms with van der Waals surface area (Å²) in [5.74, 6) is -0.472. The number of nitrogens with one attached hydrogen (secondary N) is 1. The van der Waals surface area contributed by atoms with Crippen LogP contribution in [0.2, 0.25) is 0 Å². The fourth-order valence-corrected chi connectivity index (χ4v) is 0.989. The Morgan fingerprint density at radius 3 is 2.60 bits per heavy atom. The molecule has 0 radical (unpaired) electrons. The van der Waals surface area contributed by atoms with Gasteiger partial charge in [0.15, 0.2) is 0 Å². The molecule has 0 saturated carbocycles. The molecule has 0 rings (SSSR count). The summed E-state index contributed by atoms with van der Waals surface area (Å²) in [6.45, 7) is 2.50. The van der Waals surface area contributed by atoms with Crippen LogP contribution in [0.25, 0.3) is 0 Å². The van der Waals surface area contributed by atoms with Crippen molar-refractivity contribution in [1.82, 2.24) is 10.2 Å². The van der Waals surface area contributed by atoms with Gasteiger partial charge in [-0.1, -0.05) is 0 Å². The Hall–Kier alpha value is -1.14. The molecule has 6 heteroatoms. The van der Waals surface area contributed by atoms with Crippen LogP contribution in [0.5, 0.6) is 0 Å². The van der Waals surface area contributed by atoms with Crippen LogP contribution in [0.4, 0.5) is 0 Å². The highest BCUT2D eigenvalue weighted by Crippen LogP contribution is 1.88. The normalized spacial score (nSPS) is 12.0. The monoisotopic (exact) mass is 217 g/mol. The van der Waals surface area contributed by atoms with Gasteiger partial charge in [-0.3, -0.25) is 9.59 Å². The van der Waals surface area contributed by atoms with Crippen molar-refractivity contribution < 1.29 is 14.3 Å². The summed E-state index contributed by atoms with van der Waals surface area (Å²) in [7, 11) is 3.10. The van der Waals surface area contributed by atoms with Crippen LogP contribution in [0, 0.1) is 0 Å². The number of carbonyl (C=O) groups excluding carboxylic acids is 2. The van der Waals surface area contributed by atoms with E-state index in [1.54, 1.807) is 21.1 Å². The maximum absolute atomic E-state index is 11.3. The van der Waals surface area contributed by atoms with Crippen molar-refractivity contribution in [2.45, 2.75) is 13.0 Å². The van der Waals surface area contributed by atoms with E-state index in [1.807, 2.05) is 0 Å². The second kappa shape index (κ2) is 7.19. The van der Waals surface area contributed by atoms with Crippen molar-refractivity contribution in [3.05, 3.63) is 0 Å². The molecule has 0 spiro atoms. The number of ether oxygens (including phenoxy) is 1. The molecular formula is C9H19N3O3. The van der Waals surface area contributed by atoms with E-state index in [-0.39, 0.29) is 18.4 Å². The Kier molecular flexibility index (Phi) is 6.64. The molecule has 0 aliphatic carbocycles. The third-order valence-electron chi connectivity index (χ3n) is 1.77. The zero-order valence-electron chi connectivity index (χ0n) is 9.45. The third kappa shape index (κ3) is 6.03. The van der Waals surface area contributed by atoms with Crippen molar-refractivity contribution in [3.63, 3.8) is 0 Å². The smallest absolute Gasteiger partial charge is 0.239 e. The van der Waals surface area contributed by atoms with Gasteiger partial charge in [0.1, 0.15) is 0 Å². The average Bonchev–Trinajstić information content (AvgIpc) is 2.16. The summed E-state index contributed by atoms with van der Waals surface area (Å²) in [6, 6.07) is -0.582. The van der Waals surface area contributed by atoms with E-state index in [0.29, 0.717) is 13.2 Å². The molecule has 1 atom stereocenters. The first kappa shape index (κ1) is 13.9. The molecule has 0 heterocycles. The van der Waals surface area contributed by atoms with E-state index in [1.165, 1.54) is 4.90 Å². The Morgan fingerprint density at radius 2 is 2.13 bits per heavy atom. The predicted molar refractivity (Wildman–Crippen MR) is 56.2 cm³/mol. The van der Waals surface area contributed by atoms with Gasteiger partial charge in [0.25, 0.3) is 0 Å². The average molecular weight is 217 g/mol. The van der Waals surface area contributed by atoms with Crippen LogP contribution >= 0.6 is 0 Å². The molecule has 0 aromatic rings. The Bertz CT molecular complexity index is 219. The number of methoxy groups -OCH3 is 1. The molecule has 0 bridgehead atoms. The van der Waals surface area contributed by atoms with Crippen LogP contribution in [0.3, 0.4) is 0 Å². The topological polar surface area (TPSA) is 84.7 Å². The molecule has 0 unspecified atom stereocenters. The molecule has 6 nitrogen and oxygen atoms in total. The van der Waals surface area contributed by atoms with Crippen LogP contribution < -0.4 is 11.1 Å². The number of amides is 2. The molecule has 0 aromatic heterocycles. The summed E-state index contributed by atoms with van der Waals surface area (Å²) in [6.07, 6.45) is 0. The van der Waals surface area contributed by atoms with Crippen LogP contribution in [-0.4, -0.2) is 56.6 Å². The molecule has 2 amide bonds. The molecule has 0 aliphatic heterocycles. The first-order chi connectivity index (χ1) is 6.99. The van der Waals surface area contributed by atoms with Crippen molar-refractivity contribution in [2.75, 3.05) is 33.9 Å². The van der Waals surface area contributed by atoms with E-state index < -0.39 is 6.04 Å². The lowest BCUT2D eigenvalue weighted by Gasteiger charge is -2.18. The number of hydrogen-bond acceptors (Lipinski definition) is 4. The first-order valence-electron chi connectivity index (χ1n) is 4.75. The zero-order valence-corrected chi connectivity index (χ0v) is 9.45. The highest BCUT2D eigenvalue weighted by atomic mass is 16.5. The van der Waals surface area contributed by atoms with E-state index in [0.717, 1.165) is 0 Å². The number of hydrogen-bond donors (Lipinski definition) is 2. The van der Waals surface area contributed by atoms with Gasteiger partial charge in [-0.15, -0.1) is 0 Å². The molecule has 0 aromatic carbocycles. The number of carbonyl (C=O) groups is 2. The molecular weight excluding hydrogens is 198 g/mol. The summed E-state index contributed by atoms with van der Waals surface area (Å²) in [4.78, 5) is 23.9. The molecule has 0 fully saturated rings. The van der Waals surface area contributed by atoms with Gasteiger partial charge in [-0.05, 0) is 6.92 Å². The predicted octanol–water partition coefficient (Wildman–Crippen LogP) is -1.45. The lowest BCUT2D eigenvalue weighted by molar-refractivity contribution is -0.135. The zero-order chi connectivity index (χ0) is 11.8. The fourth-order valence-electron chi connectivity index (χ4n) is 0.989. The quantitative estimate of drug-likeness (QED) is 0.533. The van der Waals surface area contributed by atoms with Crippen molar-refractivity contribution in [3.8, 4) is 0 Å². The van der Waals surface area contributed by atoms with Gasteiger partial charge in [-0.25, -0.2) is 0 Å². The van der Waals surface area contributed by atoms with Gasteiger partial charge < -0.3 is 20.7 Å². The number of likely N-dealkylation sites (N-methyl/N-ethyl adjacent to an activating group) is 1. The largest absolute Gasteiger partial charge is 0.383 e. The maximum Gasteiger partial charge on any atom is 0.239 e. The van der Waals surface area contributed by atoms with Gasteiger partial charge >= 0.3 is 0 Å². The summed E-state index contributed by atoms with van der Waals surface area (Å²) in [5, 5.41) is 2.61. The van der Waals surface area contributed by atoms with E-state index in [9.17, 15) is 9.59 Å². The number of rotatable bonds is 6. The molecule has 15 heavy (non-hydrogen) atoms. The van der Waals surface area contributed by atoms with Gasteiger partial charge in [-0.2, -0.15) is 0 Å². The van der Waals surface area contributed by atoms with Crippen LogP contribution in [-0.2, 0) is 14.3 Å². The molecule has 88 valence electrons. The van der Waals surface area contributed by atoms with Gasteiger partial charge in [0.05, 0.1) is 19.2 Å². The standard InChI is InChI=1S/C9H19N3O3/c1-7(10)9(14)12(2)6-8(13)11-4-5-15-3/h7H,4-6,10H2,1-3H3,(H,11,13)/t7-/m1/s1. The van der Waals surface area contributed by atoms with Gasteiger partial charge in [0.2, 0.25) is 11.8 Å². The lowest BCUT2D eigenvalue weighted by Crippen LogP contribution is -2.45. The second-order valence-electron chi connectivity index (χ2n) is 3.33. The van der Waals surface area contributed by atoms with Crippen molar-refractivity contribution >= 4 is 11.8 Å². The lowest BCUT2D eigenvalue weighted by atomic mass is 10.3. The highest BCUT2D eigenvalue weighted by Gasteiger charge is 2.15. The molecule has 0 saturated heterocycles. The van der Waals surface area contributed by atoms with Crippen LogP contribution in [0.1, 0.15) is 6.92 Å². The first-order valence-corrected chi connectivity index (χ1v) is 4.75. The molecule has 3 N–H and O–H groups in total. The minimum atomic E-state index is -0.582. The summed E-state index contributed by atoms with van der Waals surface area (Å²) < 4.78 is 4.77. The third-order valence-corrected chi connectivity index (χ3v) is 1.77. The van der Waals surface area contributed by atoms with Gasteiger partial charge in [0, 0.05) is 20.7 Å². The van der Waals surface area contributed by atoms with Crippen molar-refractivity contribution in [1.29, 1.82) is 0 Å². The van der Waals surface area contributed by atoms with E-state index in [2.05, 4.69) is 5.32 Å². The molecule has 0 aliphatic rings. The minimum absolute atomic E-state index is 0.0179. The van der Waals surface area contributed by atoms with E-state index >= 15 is 0 Å². The Balaban J connectivity index is 3.81. The fraction of sp³-hybridized carbons (Fsp3) is 0.778. The minimum Gasteiger partial charge on any atom is -0.383 e. The second-order valence-corrected chi connectivity index (χ2v) is 3.33. The summed E-state index contributed by atoms with van der Waals surface area (Å²) >= 11 is 0. The summed E-state index contributed by atoms with van der Waals surface area (Å²) in [5.41, 5.74) is 5.39. The van der Waals surface area contributed by atoms with E-state index in [4.69, 9.17) is 10.5 Å². The maximum atomic E-state index is 11.3. The number of nitrogens with zero attached hydrogens (tertiary/aromatic N) is 1. The van der Waals surface area contributed by atoms with Crippen molar-refractivity contribution in [2.24, 2.45) is 5.73 Å².